The Morgan fingerprint density at radius 3 is 2.72 bits per heavy atom. The van der Waals surface area contributed by atoms with Crippen molar-refractivity contribution in [2.45, 2.75) is 38.7 Å². The maximum atomic E-state index is 14.9. The zero-order valence-corrected chi connectivity index (χ0v) is 19.0. The minimum absolute atomic E-state index is 0.0385. The van der Waals surface area contributed by atoms with Crippen molar-refractivity contribution in [3.63, 3.8) is 0 Å². The second-order valence-corrected chi connectivity index (χ2v) is 8.95. The molecule has 0 N–H and O–H groups in total. The lowest BCUT2D eigenvalue weighted by molar-refractivity contribution is 0.00465. The molecule has 3 aromatic heterocycles. The molecule has 5 rings (SSSR count). The van der Waals surface area contributed by atoms with Gasteiger partial charge in [-0.15, -0.1) is 0 Å². The fourth-order valence-electron chi connectivity index (χ4n) is 4.40. The van der Waals surface area contributed by atoms with Crippen molar-refractivity contribution in [3.05, 3.63) is 76.1 Å². The lowest BCUT2D eigenvalue weighted by Crippen LogP contribution is -2.19. The Bertz CT molecular complexity index is 1320. The van der Waals surface area contributed by atoms with Crippen LogP contribution in [0.5, 0.6) is 0 Å². The van der Waals surface area contributed by atoms with Crippen LogP contribution in [0.1, 0.15) is 47.4 Å². The van der Waals surface area contributed by atoms with Crippen LogP contribution in [-0.4, -0.2) is 26.4 Å². The molecule has 1 fully saturated rings. The number of hydrogen-bond donors (Lipinski definition) is 0. The van der Waals surface area contributed by atoms with Crippen molar-refractivity contribution in [3.8, 4) is 11.1 Å². The van der Waals surface area contributed by atoms with E-state index in [-0.39, 0.29) is 17.8 Å². The lowest BCUT2D eigenvalue weighted by atomic mass is 9.88. The number of ether oxygens (including phenoxy) is 1. The molecule has 4 heterocycles. The van der Waals surface area contributed by atoms with Gasteiger partial charge in [0.15, 0.2) is 5.65 Å². The highest BCUT2D eigenvalue weighted by atomic mass is 35.5. The van der Waals surface area contributed by atoms with Gasteiger partial charge in [0.25, 0.3) is 0 Å². The first-order valence-corrected chi connectivity index (χ1v) is 11.1. The molecule has 0 spiro atoms. The summed E-state index contributed by atoms with van der Waals surface area (Å²) in [6.07, 6.45) is 5.44. The van der Waals surface area contributed by atoms with Gasteiger partial charge >= 0.3 is 0 Å². The van der Waals surface area contributed by atoms with Crippen LogP contribution in [0, 0.1) is 19.7 Å². The molecule has 164 valence electrons. The summed E-state index contributed by atoms with van der Waals surface area (Å²) >= 11 is 6.01. The number of aromatic nitrogens is 4. The largest absolute Gasteiger partial charge is 0.373 e. The molecule has 5 nitrogen and oxygen atoms in total. The second-order valence-electron chi connectivity index (χ2n) is 8.51. The van der Waals surface area contributed by atoms with Gasteiger partial charge in [-0.3, -0.25) is 4.68 Å². The molecule has 0 amide bonds. The quantitative estimate of drug-likeness (QED) is 0.380. The predicted octanol–water partition coefficient (Wildman–Crippen LogP) is 6.07. The van der Waals surface area contributed by atoms with Crippen LogP contribution in [0.3, 0.4) is 0 Å². The summed E-state index contributed by atoms with van der Waals surface area (Å²) in [5.74, 6) is -0.176. The monoisotopic (exact) mass is 450 g/mol. The summed E-state index contributed by atoms with van der Waals surface area (Å²) in [5.41, 5.74) is 5.87. The van der Waals surface area contributed by atoms with Crippen LogP contribution in [0.15, 0.2) is 42.7 Å². The Kier molecular flexibility index (Phi) is 5.43. The average Bonchev–Trinajstić information content (AvgIpc) is 3.21. The van der Waals surface area contributed by atoms with Crippen molar-refractivity contribution < 1.29 is 9.13 Å². The Balaban J connectivity index is 1.62. The highest BCUT2D eigenvalue weighted by molar-refractivity contribution is 6.30. The SMILES string of the molecule is Cc1cc2c(-c3ccc(Cl)cc3F)cc(C3CCO[C@@H](c4cnn(C)c4)C3)nc2nc1C. The van der Waals surface area contributed by atoms with Gasteiger partial charge in [-0.25, -0.2) is 14.4 Å². The zero-order chi connectivity index (χ0) is 22.4. The molecule has 1 aromatic carbocycles. The van der Waals surface area contributed by atoms with E-state index >= 15 is 0 Å². The Morgan fingerprint density at radius 2 is 1.97 bits per heavy atom. The van der Waals surface area contributed by atoms with E-state index in [1.54, 1.807) is 16.8 Å². The molecule has 7 heteroatoms. The third kappa shape index (κ3) is 3.89. The predicted molar refractivity (Wildman–Crippen MR) is 123 cm³/mol. The van der Waals surface area contributed by atoms with E-state index in [9.17, 15) is 4.39 Å². The molecular formula is C25H24ClFN4O. The van der Waals surface area contributed by atoms with Crippen LogP contribution < -0.4 is 0 Å². The van der Waals surface area contributed by atoms with Gasteiger partial charge < -0.3 is 4.74 Å². The van der Waals surface area contributed by atoms with Crippen molar-refractivity contribution in [2.75, 3.05) is 6.61 Å². The summed E-state index contributed by atoms with van der Waals surface area (Å²) < 4.78 is 22.8. The first kappa shape index (κ1) is 21.0. The Hall–Kier alpha value is -2.83. The molecule has 1 saturated heterocycles. The van der Waals surface area contributed by atoms with Crippen molar-refractivity contribution >= 4 is 22.6 Å². The smallest absolute Gasteiger partial charge is 0.160 e. The molecule has 1 aliphatic heterocycles. The Morgan fingerprint density at radius 1 is 1.12 bits per heavy atom. The molecule has 0 bridgehead atoms. The second kappa shape index (κ2) is 8.26. The summed E-state index contributed by atoms with van der Waals surface area (Å²) in [6, 6.07) is 8.85. The van der Waals surface area contributed by atoms with Crippen molar-refractivity contribution in [1.29, 1.82) is 0 Å². The van der Waals surface area contributed by atoms with Crippen LogP contribution in [-0.2, 0) is 11.8 Å². The molecule has 1 unspecified atom stereocenters. The maximum absolute atomic E-state index is 14.9. The van der Waals surface area contributed by atoms with E-state index in [1.807, 2.05) is 45.4 Å². The highest BCUT2D eigenvalue weighted by Crippen LogP contribution is 2.40. The fourth-order valence-corrected chi connectivity index (χ4v) is 4.56. The van der Waals surface area contributed by atoms with E-state index in [2.05, 4.69) is 5.10 Å². The summed E-state index contributed by atoms with van der Waals surface area (Å²) in [4.78, 5) is 9.67. The zero-order valence-electron chi connectivity index (χ0n) is 18.3. The van der Waals surface area contributed by atoms with Crippen molar-refractivity contribution in [2.24, 2.45) is 7.05 Å². The number of benzene rings is 1. The molecule has 32 heavy (non-hydrogen) atoms. The first-order valence-electron chi connectivity index (χ1n) is 10.7. The third-order valence-corrected chi connectivity index (χ3v) is 6.52. The molecular weight excluding hydrogens is 427 g/mol. The number of rotatable bonds is 3. The average molecular weight is 451 g/mol. The fraction of sp³-hybridized carbons (Fsp3) is 0.320. The highest BCUT2D eigenvalue weighted by Gasteiger charge is 2.28. The maximum Gasteiger partial charge on any atom is 0.160 e. The van der Waals surface area contributed by atoms with E-state index < -0.39 is 0 Å². The van der Waals surface area contributed by atoms with Crippen LogP contribution in [0.25, 0.3) is 22.2 Å². The number of nitrogens with zero attached hydrogens (tertiary/aromatic N) is 4. The molecule has 2 atom stereocenters. The molecule has 0 saturated carbocycles. The Labute approximate surface area is 191 Å². The number of fused-ring (bicyclic) bond motifs is 1. The normalized spacial score (nSPS) is 18.9. The molecule has 1 aliphatic rings. The van der Waals surface area contributed by atoms with Crippen LogP contribution >= 0.6 is 11.6 Å². The van der Waals surface area contributed by atoms with Crippen molar-refractivity contribution in [1.82, 2.24) is 19.7 Å². The molecule has 4 aromatic rings. The van der Waals surface area contributed by atoms with Crippen LogP contribution in [0.4, 0.5) is 4.39 Å². The van der Waals surface area contributed by atoms with E-state index in [0.29, 0.717) is 22.8 Å². The minimum Gasteiger partial charge on any atom is -0.373 e. The van der Waals surface area contributed by atoms with E-state index in [4.69, 9.17) is 26.3 Å². The number of halogens is 2. The van der Waals surface area contributed by atoms with E-state index in [1.165, 1.54) is 6.07 Å². The van der Waals surface area contributed by atoms with Gasteiger partial charge in [-0.05, 0) is 68.1 Å². The van der Waals surface area contributed by atoms with Gasteiger partial charge in [0.1, 0.15) is 5.82 Å². The standard InChI is InChI=1S/C25H24ClFN4O/c1-14-8-21-20(19-5-4-18(26)10-22(19)27)11-23(30-25(21)29-15(14)2)16-6-7-32-24(9-16)17-12-28-31(3)13-17/h4-5,8,10-13,16,24H,6-7,9H2,1-3H3/t16?,24-/m1/s1. The summed E-state index contributed by atoms with van der Waals surface area (Å²) in [7, 11) is 1.90. The topological polar surface area (TPSA) is 52.8 Å². The van der Waals surface area contributed by atoms with Gasteiger partial charge in [0.2, 0.25) is 0 Å². The van der Waals surface area contributed by atoms with Gasteiger partial charge in [0, 0.05) is 58.7 Å². The number of pyridine rings is 2. The molecule has 0 aliphatic carbocycles. The van der Waals surface area contributed by atoms with E-state index in [0.717, 1.165) is 46.3 Å². The number of hydrogen-bond acceptors (Lipinski definition) is 4. The van der Waals surface area contributed by atoms with Gasteiger partial charge in [-0.1, -0.05) is 11.6 Å². The molecule has 0 radical (unpaired) electrons. The minimum atomic E-state index is -0.352. The third-order valence-electron chi connectivity index (χ3n) is 6.28. The summed E-state index contributed by atoms with van der Waals surface area (Å²) in [5, 5.41) is 5.49. The first-order chi connectivity index (χ1) is 15.4. The van der Waals surface area contributed by atoms with Gasteiger partial charge in [-0.2, -0.15) is 5.10 Å². The van der Waals surface area contributed by atoms with Crippen LogP contribution in [0.2, 0.25) is 5.02 Å². The lowest BCUT2D eigenvalue weighted by Gasteiger charge is -2.29. The number of aryl methyl sites for hydroxylation is 3. The van der Waals surface area contributed by atoms with Gasteiger partial charge in [0.05, 0.1) is 12.3 Å². The summed E-state index contributed by atoms with van der Waals surface area (Å²) in [6.45, 7) is 4.61.